The van der Waals surface area contributed by atoms with Gasteiger partial charge in [0.05, 0.1) is 25.0 Å². The third kappa shape index (κ3) is 6.32. The number of carbonyl (C=O) groups excluding carboxylic acids is 2. The van der Waals surface area contributed by atoms with Crippen LogP contribution in [-0.2, 0) is 19.1 Å². The van der Waals surface area contributed by atoms with Gasteiger partial charge < -0.3 is 9.47 Å². The zero-order chi connectivity index (χ0) is 16.5. The van der Waals surface area contributed by atoms with Gasteiger partial charge >= 0.3 is 11.9 Å². The maximum Gasteiger partial charge on any atom is 0.309 e. The number of nitrogens with zero attached hydrogens (tertiary/aromatic N) is 2. The maximum absolute atomic E-state index is 11.7. The van der Waals surface area contributed by atoms with Crippen LogP contribution in [0.1, 0.15) is 27.7 Å². The minimum Gasteiger partial charge on any atom is -0.466 e. The second-order valence-electron chi connectivity index (χ2n) is 5.91. The zero-order valence-electron chi connectivity index (χ0n) is 14.3. The monoisotopic (exact) mass is 314 g/mol. The molecule has 22 heavy (non-hydrogen) atoms. The Morgan fingerprint density at radius 2 is 1.14 bits per heavy atom. The molecule has 1 saturated heterocycles. The highest BCUT2D eigenvalue weighted by Crippen LogP contribution is 2.10. The third-order valence-corrected chi connectivity index (χ3v) is 3.91. The Kier molecular flexibility index (Phi) is 8.42. The van der Waals surface area contributed by atoms with E-state index in [0.717, 1.165) is 39.3 Å². The molecule has 1 rings (SSSR count). The van der Waals surface area contributed by atoms with Crippen LogP contribution in [-0.4, -0.2) is 74.2 Å². The van der Waals surface area contributed by atoms with Gasteiger partial charge in [-0.15, -0.1) is 0 Å². The highest BCUT2D eigenvalue weighted by molar-refractivity contribution is 5.72. The van der Waals surface area contributed by atoms with E-state index in [2.05, 4.69) is 9.80 Å². The van der Waals surface area contributed by atoms with Crippen molar-refractivity contribution in [2.45, 2.75) is 27.7 Å². The molecule has 1 aliphatic heterocycles. The van der Waals surface area contributed by atoms with E-state index >= 15 is 0 Å². The Bertz CT molecular complexity index is 320. The number of hydrogen-bond donors (Lipinski definition) is 0. The fourth-order valence-corrected chi connectivity index (χ4v) is 2.65. The van der Waals surface area contributed by atoms with Gasteiger partial charge in [0.25, 0.3) is 0 Å². The maximum atomic E-state index is 11.7. The molecule has 0 aliphatic carbocycles. The number of ether oxygens (including phenoxy) is 2. The van der Waals surface area contributed by atoms with Crippen LogP contribution in [0, 0.1) is 11.8 Å². The average Bonchev–Trinajstić information content (AvgIpc) is 2.49. The van der Waals surface area contributed by atoms with Gasteiger partial charge in [0.2, 0.25) is 0 Å². The molecular formula is C16H30N2O4. The lowest BCUT2D eigenvalue weighted by Crippen LogP contribution is -2.49. The molecular weight excluding hydrogens is 284 g/mol. The van der Waals surface area contributed by atoms with Crippen LogP contribution in [0.4, 0.5) is 0 Å². The summed E-state index contributed by atoms with van der Waals surface area (Å²) in [5.74, 6) is -0.434. The molecule has 6 heteroatoms. The zero-order valence-corrected chi connectivity index (χ0v) is 14.3. The van der Waals surface area contributed by atoms with Crippen LogP contribution in [0.3, 0.4) is 0 Å². The van der Waals surface area contributed by atoms with Crippen molar-refractivity contribution in [1.29, 1.82) is 0 Å². The lowest BCUT2D eigenvalue weighted by Gasteiger charge is -2.36. The van der Waals surface area contributed by atoms with Gasteiger partial charge in [0.1, 0.15) is 0 Å². The fraction of sp³-hybridized carbons (Fsp3) is 0.875. The van der Waals surface area contributed by atoms with E-state index in [0.29, 0.717) is 13.2 Å². The van der Waals surface area contributed by atoms with Crippen LogP contribution in [0.2, 0.25) is 0 Å². The Hall–Kier alpha value is -1.14. The molecule has 6 nitrogen and oxygen atoms in total. The summed E-state index contributed by atoms with van der Waals surface area (Å²) >= 11 is 0. The van der Waals surface area contributed by atoms with Crippen LogP contribution in [0.15, 0.2) is 0 Å². The third-order valence-electron chi connectivity index (χ3n) is 3.91. The van der Waals surface area contributed by atoms with Crippen LogP contribution < -0.4 is 0 Å². The Balaban J connectivity index is 2.28. The van der Waals surface area contributed by atoms with E-state index in [9.17, 15) is 9.59 Å². The van der Waals surface area contributed by atoms with Crippen molar-refractivity contribution in [2.24, 2.45) is 11.8 Å². The molecule has 128 valence electrons. The lowest BCUT2D eigenvalue weighted by atomic mass is 10.1. The Morgan fingerprint density at radius 1 is 0.818 bits per heavy atom. The summed E-state index contributed by atoms with van der Waals surface area (Å²) in [6.45, 7) is 13.5. The predicted molar refractivity (Wildman–Crippen MR) is 84.5 cm³/mol. The first-order chi connectivity index (χ1) is 10.5. The number of esters is 2. The summed E-state index contributed by atoms with van der Waals surface area (Å²) in [6, 6.07) is 0. The first-order valence-electron chi connectivity index (χ1n) is 8.25. The van der Waals surface area contributed by atoms with Crippen LogP contribution in [0.25, 0.3) is 0 Å². The van der Waals surface area contributed by atoms with Crippen molar-refractivity contribution < 1.29 is 19.1 Å². The van der Waals surface area contributed by atoms with Crippen molar-refractivity contribution in [1.82, 2.24) is 9.80 Å². The minimum absolute atomic E-state index is 0.0926. The molecule has 0 amide bonds. The number of carbonyl (C=O) groups is 2. The number of rotatable bonds is 8. The first kappa shape index (κ1) is 18.9. The first-order valence-corrected chi connectivity index (χ1v) is 8.25. The molecule has 2 atom stereocenters. The van der Waals surface area contributed by atoms with E-state index in [4.69, 9.17) is 9.47 Å². The second-order valence-corrected chi connectivity index (χ2v) is 5.91. The molecule has 0 bridgehead atoms. The van der Waals surface area contributed by atoms with Crippen LogP contribution in [0.5, 0.6) is 0 Å². The lowest BCUT2D eigenvalue weighted by molar-refractivity contribution is -0.149. The van der Waals surface area contributed by atoms with Gasteiger partial charge in [-0.25, -0.2) is 0 Å². The van der Waals surface area contributed by atoms with Gasteiger partial charge in [0.15, 0.2) is 0 Å². The average molecular weight is 314 g/mol. The van der Waals surface area contributed by atoms with Gasteiger partial charge in [-0.05, 0) is 13.8 Å². The summed E-state index contributed by atoms with van der Waals surface area (Å²) in [4.78, 5) is 27.9. The molecule has 0 aromatic rings. The van der Waals surface area contributed by atoms with Gasteiger partial charge in [-0.2, -0.15) is 0 Å². The molecule has 1 fully saturated rings. The smallest absolute Gasteiger partial charge is 0.309 e. The van der Waals surface area contributed by atoms with Crippen molar-refractivity contribution in [2.75, 3.05) is 52.5 Å². The summed E-state index contributed by atoms with van der Waals surface area (Å²) < 4.78 is 10.1. The SMILES string of the molecule is CCOC(=O)[C@H](C)CN1CCN(C[C@H](C)C(=O)OCC)CC1. The molecule has 0 radical (unpaired) electrons. The van der Waals surface area contributed by atoms with Crippen molar-refractivity contribution in [3.8, 4) is 0 Å². The Morgan fingerprint density at radius 3 is 1.41 bits per heavy atom. The quantitative estimate of drug-likeness (QED) is 0.623. The summed E-state index contributed by atoms with van der Waals surface area (Å²) in [7, 11) is 0. The highest BCUT2D eigenvalue weighted by Gasteiger charge is 2.24. The Labute approximate surface area is 133 Å². The van der Waals surface area contributed by atoms with E-state index in [-0.39, 0.29) is 23.8 Å². The van der Waals surface area contributed by atoms with E-state index in [1.165, 1.54) is 0 Å². The van der Waals surface area contributed by atoms with Crippen LogP contribution >= 0.6 is 0 Å². The van der Waals surface area contributed by atoms with E-state index in [1.807, 2.05) is 27.7 Å². The van der Waals surface area contributed by atoms with Gasteiger partial charge in [-0.1, -0.05) is 13.8 Å². The summed E-state index contributed by atoms with van der Waals surface area (Å²) in [5.41, 5.74) is 0. The van der Waals surface area contributed by atoms with E-state index in [1.54, 1.807) is 0 Å². The number of hydrogen-bond acceptors (Lipinski definition) is 6. The largest absolute Gasteiger partial charge is 0.466 e. The summed E-state index contributed by atoms with van der Waals surface area (Å²) in [6.07, 6.45) is 0. The predicted octanol–water partition coefficient (Wildman–Crippen LogP) is 1.00. The van der Waals surface area contributed by atoms with Gasteiger partial charge in [0, 0.05) is 39.3 Å². The fourth-order valence-electron chi connectivity index (χ4n) is 2.65. The van der Waals surface area contributed by atoms with Crippen molar-refractivity contribution in [3.63, 3.8) is 0 Å². The second kappa shape index (κ2) is 9.79. The van der Waals surface area contributed by atoms with Gasteiger partial charge in [-0.3, -0.25) is 19.4 Å². The molecule has 1 heterocycles. The summed E-state index contributed by atoms with van der Waals surface area (Å²) in [5, 5.41) is 0. The molecule has 0 saturated carbocycles. The van der Waals surface area contributed by atoms with Crippen molar-refractivity contribution in [3.05, 3.63) is 0 Å². The molecule has 0 aromatic heterocycles. The number of piperazine rings is 1. The molecule has 0 spiro atoms. The highest BCUT2D eigenvalue weighted by atomic mass is 16.5. The van der Waals surface area contributed by atoms with Crippen molar-refractivity contribution >= 4 is 11.9 Å². The standard InChI is InChI=1S/C16H30N2O4/c1-5-21-15(19)13(3)11-17-7-9-18(10-8-17)12-14(4)16(20)22-6-2/h13-14H,5-12H2,1-4H3/t13-,14+. The molecule has 0 unspecified atom stereocenters. The normalized spacial score (nSPS) is 19.5. The topological polar surface area (TPSA) is 59.1 Å². The van der Waals surface area contributed by atoms with E-state index < -0.39 is 0 Å². The molecule has 1 aliphatic rings. The molecule has 0 N–H and O–H groups in total. The molecule has 0 aromatic carbocycles. The minimum atomic E-state index is -0.124.